The Bertz CT molecular complexity index is 1450. The lowest BCUT2D eigenvalue weighted by Crippen LogP contribution is -2.65. The number of carbonyl (C=O) groups is 6. The van der Waals surface area contributed by atoms with Gasteiger partial charge in [0, 0.05) is 54.2 Å². The van der Waals surface area contributed by atoms with Crippen molar-refractivity contribution < 1.29 is 79.8 Å². The molecule has 2 aliphatic heterocycles. The van der Waals surface area contributed by atoms with Crippen molar-refractivity contribution in [1.82, 2.24) is 4.98 Å². The largest absolute Gasteiger partial charge is 0.463 e. The molecule has 0 aliphatic carbocycles. The van der Waals surface area contributed by atoms with Crippen LogP contribution in [0.5, 0.6) is 0 Å². The van der Waals surface area contributed by atoms with E-state index in [2.05, 4.69) is 4.98 Å². The molecule has 0 aromatic carbocycles. The van der Waals surface area contributed by atoms with E-state index >= 15 is 0 Å². The molecule has 1 unspecified atom stereocenters. The summed E-state index contributed by atoms with van der Waals surface area (Å²) in [6.07, 6.45) is -11.6. The fraction of sp³-hybridized carbons (Fsp3) is 0.621. The zero-order valence-corrected chi connectivity index (χ0v) is 27.7. The molecule has 1 aromatic rings. The molecule has 9 atom stereocenters. The monoisotopic (exact) mass is 703 g/mol. The fourth-order valence-electron chi connectivity index (χ4n) is 5.03. The maximum Gasteiger partial charge on any atom is 0.303 e. The molecule has 48 heavy (non-hydrogen) atoms. The minimum Gasteiger partial charge on any atom is -0.463 e. The van der Waals surface area contributed by atoms with Crippen LogP contribution in [-0.4, -0.2) is 117 Å². The third-order valence-corrected chi connectivity index (χ3v) is 8.59. The van der Waals surface area contributed by atoms with E-state index in [1.54, 1.807) is 0 Å². The summed E-state index contributed by atoms with van der Waals surface area (Å²) in [4.78, 5) is 76.2. The van der Waals surface area contributed by atoms with Gasteiger partial charge in [0.25, 0.3) is 0 Å². The van der Waals surface area contributed by atoms with Crippen LogP contribution in [-0.2, 0) is 81.2 Å². The Morgan fingerprint density at radius 3 is 1.71 bits per heavy atom. The summed E-state index contributed by atoms with van der Waals surface area (Å²) < 4.78 is 77.0. The lowest BCUT2D eigenvalue weighted by Gasteiger charge is -2.47. The van der Waals surface area contributed by atoms with Gasteiger partial charge in [0.15, 0.2) is 35.1 Å². The van der Waals surface area contributed by atoms with Crippen molar-refractivity contribution in [2.45, 2.75) is 107 Å². The van der Waals surface area contributed by atoms with Crippen molar-refractivity contribution in [2.24, 2.45) is 0 Å². The number of hydrogen-bond donors (Lipinski definition) is 0. The number of pyridine rings is 1. The van der Waals surface area contributed by atoms with E-state index in [0.717, 1.165) is 41.5 Å². The van der Waals surface area contributed by atoms with Crippen LogP contribution in [0.1, 0.15) is 48.0 Å². The van der Waals surface area contributed by atoms with Crippen LogP contribution in [0.25, 0.3) is 0 Å². The van der Waals surface area contributed by atoms with Crippen LogP contribution in [0, 0.1) is 0 Å². The highest BCUT2D eigenvalue weighted by atomic mass is 32.2. The lowest BCUT2D eigenvalue weighted by atomic mass is 9.97. The summed E-state index contributed by atoms with van der Waals surface area (Å²) in [7, 11) is -4.33. The van der Waals surface area contributed by atoms with E-state index in [0.29, 0.717) is 0 Å². The highest BCUT2D eigenvalue weighted by molar-refractivity contribution is 7.91. The highest BCUT2D eigenvalue weighted by Gasteiger charge is 2.56. The Morgan fingerprint density at radius 2 is 1.21 bits per heavy atom. The molecule has 3 heterocycles. The van der Waals surface area contributed by atoms with Crippen molar-refractivity contribution in [3.05, 3.63) is 24.4 Å². The average molecular weight is 704 g/mol. The normalized spacial score (nSPS) is 28.7. The minimum atomic E-state index is -4.33. The molecular formula is C29H37NO17S. The maximum atomic E-state index is 13.5. The SMILES string of the molecule is CC(=O)OC[C@H]1OC(S(=O)(=O)c2ccccn2)C[C@@H](OC(C)=O)[C@@H]1O[C@H]1O[C@H](COC(C)=O)[C@@H](OC(C)=O)[C@H](OC(C)=O)[C@H]1OC(C)=O. The summed E-state index contributed by atoms with van der Waals surface area (Å²) in [5.74, 6) is -5.03. The number of sulfone groups is 1. The molecule has 0 radical (unpaired) electrons. The number of esters is 6. The van der Waals surface area contributed by atoms with Crippen molar-refractivity contribution in [3.63, 3.8) is 0 Å². The number of rotatable bonds is 12. The number of ether oxygens (including phenoxy) is 9. The molecule has 2 aliphatic rings. The second-order valence-electron chi connectivity index (χ2n) is 10.7. The topological polar surface area (TPSA) is 233 Å². The number of hydrogen-bond acceptors (Lipinski definition) is 18. The number of nitrogens with zero attached hydrogens (tertiary/aromatic N) is 1. The molecule has 1 aromatic heterocycles. The van der Waals surface area contributed by atoms with Crippen LogP contribution in [0.4, 0.5) is 0 Å². The molecule has 0 bridgehead atoms. The summed E-state index contributed by atoms with van der Waals surface area (Å²) in [5.41, 5.74) is -1.67. The first-order valence-corrected chi connectivity index (χ1v) is 16.1. The molecule has 0 spiro atoms. The lowest BCUT2D eigenvalue weighted by molar-refractivity contribution is -0.335. The van der Waals surface area contributed by atoms with Gasteiger partial charge in [-0.1, -0.05) is 6.07 Å². The summed E-state index contributed by atoms with van der Waals surface area (Å²) in [6.45, 7) is 5.18. The van der Waals surface area contributed by atoms with Gasteiger partial charge in [0.1, 0.15) is 37.6 Å². The van der Waals surface area contributed by atoms with Crippen molar-refractivity contribution in [2.75, 3.05) is 13.2 Å². The molecule has 2 fully saturated rings. The van der Waals surface area contributed by atoms with Gasteiger partial charge in [-0.2, -0.15) is 0 Å². The zero-order valence-electron chi connectivity index (χ0n) is 26.9. The second kappa shape index (κ2) is 16.8. The predicted molar refractivity (Wildman–Crippen MR) is 154 cm³/mol. The van der Waals surface area contributed by atoms with E-state index < -0.39 is 120 Å². The second-order valence-corrected chi connectivity index (χ2v) is 12.7. The van der Waals surface area contributed by atoms with Gasteiger partial charge in [-0.05, 0) is 12.1 Å². The molecule has 2 saturated heterocycles. The molecule has 0 saturated carbocycles. The quantitative estimate of drug-likeness (QED) is 0.205. The van der Waals surface area contributed by atoms with E-state index in [1.165, 1.54) is 24.4 Å². The van der Waals surface area contributed by atoms with Gasteiger partial charge >= 0.3 is 35.8 Å². The molecule has 18 nitrogen and oxygen atoms in total. The molecular weight excluding hydrogens is 666 g/mol. The Hall–Kier alpha value is -4.20. The molecule has 0 N–H and O–H groups in total. The van der Waals surface area contributed by atoms with Gasteiger partial charge in [-0.15, -0.1) is 0 Å². The summed E-state index contributed by atoms with van der Waals surface area (Å²) >= 11 is 0. The maximum absolute atomic E-state index is 13.5. The third kappa shape index (κ3) is 10.4. The Labute approximate surface area is 275 Å². The number of carbonyl (C=O) groups excluding carboxylic acids is 6. The molecule has 0 amide bonds. The van der Waals surface area contributed by atoms with Crippen LogP contribution < -0.4 is 0 Å². The van der Waals surface area contributed by atoms with E-state index in [4.69, 9.17) is 42.6 Å². The average Bonchev–Trinajstić information content (AvgIpc) is 2.98. The Morgan fingerprint density at radius 1 is 0.688 bits per heavy atom. The van der Waals surface area contributed by atoms with Crippen LogP contribution in [0.2, 0.25) is 0 Å². The minimum absolute atomic E-state index is 0.346. The summed E-state index contributed by atoms with van der Waals surface area (Å²) in [5, 5.41) is -0.346. The van der Waals surface area contributed by atoms with Gasteiger partial charge in [-0.25, -0.2) is 13.4 Å². The van der Waals surface area contributed by atoms with Gasteiger partial charge in [-0.3, -0.25) is 28.8 Å². The van der Waals surface area contributed by atoms with Gasteiger partial charge in [0.05, 0.1) is 0 Å². The van der Waals surface area contributed by atoms with Crippen LogP contribution >= 0.6 is 0 Å². The molecule has 3 rings (SSSR count). The van der Waals surface area contributed by atoms with Crippen LogP contribution in [0.15, 0.2) is 29.4 Å². The van der Waals surface area contributed by atoms with Gasteiger partial charge < -0.3 is 42.6 Å². The van der Waals surface area contributed by atoms with Crippen LogP contribution in [0.3, 0.4) is 0 Å². The Balaban J connectivity index is 2.10. The number of aromatic nitrogens is 1. The summed E-state index contributed by atoms with van der Waals surface area (Å²) in [6, 6.07) is 4.18. The van der Waals surface area contributed by atoms with Gasteiger partial charge in [0.2, 0.25) is 9.84 Å². The zero-order chi connectivity index (χ0) is 35.8. The van der Waals surface area contributed by atoms with E-state index in [-0.39, 0.29) is 5.03 Å². The standard InChI is InChI=1S/C29H37NO17S/c1-14(31)39-12-21-25(20(41-16(3)33)11-24(45-21)48(37,38)23-9-7-8-10-30-23)47-29-28(44-19(6)36)27(43-18(5)35)26(42-17(4)34)22(46-29)13-40-15(2)32/h7-10,20-22,24-29H,11-13H2,1-6H3/t20-,21-,22-,24?,25+,26-,27+,28-,29-/m1/s1. The molecule has 19 heteroatoms. The van der Waals surface area contributed by atoms with Crippen molar-refractivity contribution >= 4 is 45.7 Å². The molecule has 266 valence electrons. The van der Waals surface area contributed by atoms with Crippen molar-refractivity contribution in [1.29, 1.82) is 0 Å². The smallest absolute Gasteiger partial charge is 0.303 e. The fourth-order valence-corrected chi connectivity index (χ4v) is 6.51. The third-order valence-electron chi connectivity index (χ3n) is 6.77. The predicted octanol–water partition coefficient (Wildman–Crippen LogP) is -0.0666. The highest BCUT2D eigenvalue weighted by Crippen LogP contribution is 2.36. The van der Waals surface area contributed by atoms with E-state index in [1.807, 2.05) is 0 Å². The first-order chi connectivity index (χ1) is 22.5. The first kappa shape index (κ1) is 38.2. The first-order valence-electron chi connectivity index (χ1n) is 14.6. The van der Waals surface area contributed by atoms with Crippen molar-refractivity contribution in [3.8, 4) is 0 Å². The Kier molecular flexibility index (Phi) is 13.4. The van der Waals surface area contributed by atoms with E-state index in [9.17, 15) is 37.2 Å².